The van der Waals surface area contributed by atoms with Gasteiger partial charge in [-0.15, -0.1) is 0 Å². The van der Waals surface area contributed by atoms with Crippen LogP contribution in [0.4, 0.5) is 0 Å². The molecule has 0 aliphatic heterocycles. The molecule has 2 nitrogen and oxygen atoms in total. The van der Waals surface area contributed by atoms with Crippen molar-refractivity contribution in [3.8, 4) is 0 Å². The Labute approximate surface area is 93.1 Å². The van der Waals surface area contributed by atoms with Crippen LogP contribution in [0.25, 0.3) is 0 Å². The van der Waals surface area contributed by atoms with Gasteiger partial charge in [0.15, 0.2) is 0 Å². The third-order valence-electron chi connectivity index (χ3n) is 3.09. The monoisotopic (exact) mass is 206 g/mol. The molecule has 1 N–H and O–H groups in total. The zero-order valence-corrected chi connectivity index (χ0v) is 10.5. The Morgan fingerprint density at radius 1 is 1.33 bits per heavy atom. The minimum absolute atomic E-state index is 0.0986. The SMILES string of the molecule is CC.CNC1(C)CCc2ccc(C)nc21. The van der Waals surface area contributed by atoms with Gasteiger partial charge in [0.1, 0.15) is 0 Å². The lowest BCUT2D eigenvalue weighted by Gasteiger charge is -2.23. The van der Waals surface area contributed by atoms with Crippen LogP contribution < -0.4 is 5.32 Å². The molecule has 1 unspecified atom stereocenters. The predicted octanol–water partition coefficient (Wildman–Crippen LogP) is 2.80. The number of aromatic nitrogens is 1. The lowest BCUT2D eigenvalue weighted by molar-refractivity contribution is 0.389. The Bertz CT molecular complexity index is 333. The number of aryl methyl sites for hydroxylation is 2. The van der Waals surface area contributed by atoms with Crippen LogP contribution in [0.3, 0.4) is 0 Å². The Hall–Kier alpha value is -0.890. The van der Waals surface area contributed by atoms with E-state index < -0.39 is 0 Å². The molecule has 1 heterocycles. The quantitative estimate of drug-likeness (QED) is 0.764. The van der Waals surface area contributed by atoms with E-state index in [0.717, 1.165) is 18.5 Å². The zero-order valence-electron chi connectivity index (χ0n) is 10.5. The molecule has 0 fully saturated rings. The van der Waals surface area contributed by atoms with Crippen LogP contribution in [-0.4, -0.2) is 12.0 Å². The average molecular weight is 206 g/mol. The van der Waals surface area contributed by atoms with Gasteiger partial charge in [-0.3, -0.25) is 4.98 Å². The van der Waals surface area contributed by atoms with Crippen molar-refractivity contribution in [2.24, 2.45) is 0 Å². The van der Waals surface area contributed by atoms with Gasteiger partial charge in [-0.25, -0.2) is 0 Å². The van der Waals surface area contributed by atoms with Crippen LogP contribution in [-0.2, 0) is 12.0 Å². The summed E-state index contributed by atoms with van der Waals surface area (Å²) in [4.78, 5) is 4.62. The first kappa shape index (κ1) is 12.2. The molecule has 1 aliphatic carbocycles. The van der Waals surface area contributed by atoms with Crippen molar-refractivity contribution in [3.63, 3.8) is 0 Å². The second kappa shape index (κ2) is 4.75. The van der Waals surface area contributed by atoms with E-state index in [0.29, 0.717) is 0 Å². The highest BCUT2D eigenvalue weighted by atomic mass is 15.0. The number of hydrogen-bond donors (Lipinski definition) is 1. The molecule has 84 valence electrons. The van der Waals surface area contributed by atoms with E-state index in [-0.39, 0.29) is 5.54 Å². The van der Waals surface area contributed by atoms with Gasteiger partial charge in [-0.05, 0) is 45.4 Å². The first-order valence-corrected chi connectivity index (χ1v) is 5.82. The summed E-state index contributed by atoms with van der Waals surface area (Å²) >= 11 is 0. The summed E-state index contributed by atoms with van der Waals surface area (Å²) in [6.07, 6.45) is 2.31. The molecular formula is C13H22N2. The first-order valence-electron chi connectivity index (χ1n) is 5.82. The van der Waals surface area contributed by atoms with Crippen molar-refractivity contribution < 1.29 is 0 Å². The summed E-state index contributed by atoms with van der Waals surface area (Å²) in [7, 11) is 2.01. The van der Waals surface area contributed by atoms with Gasteiger partial charge >= 0.3 is 0 Å². The van der Waals surface area contributed by atoms with Crippen molar-refractivity contribution in [2.45, 2.75) is 46.1 Å². The summed E-state index contributed by atoms with van der Waals surface area (Å²) in [5.41, 5.74) is 3.86. The molecule has 2 heteroatoms. The topological polar surface area (TPSA) is 24.9 Å². The highest BCUT2D eigenvalue weighted by molar-refractivity contribution is 5.33. The van der Waals surface area contributed by atoms with Crippen LogP contribution in [0, 0.1) is 6.92 Å². The Morgan fingerprint density at radius 3 is 2.60 bits per heavy atom. The summed E-state index contributed by atoms with van der Waals surface area (Å²) < 4.78 is 0. The molecule has 1 atom stereocenters. The molecule has 0 amide bonds. The summed E-state index contributed by atoms with van der Waals surface area (Å²) in [6, 6.07) is 4.31. The molecule has 0 bridgehead atoms. The number of fused-ring (bicyclic) bond motifs is 1. The lowest BCUT2D eigenvalue weighted by atomic mass is 9.99. The van der Waals surface area contributed by atoms with Crippen LogP contribution in [0.2, 0.25) is 0 Å². The number of nitrogens with zero attached hydrogens (tertiary/aromatic N) is 1. The smallest absolute Gasteiger partial charge is 0.0636 e. The average Bonchev–Trinajstić information content (AvgIpc) is 2.60. The third-order valence-corrected chi connectivity index (χ3v) is 3.09. The molecule has 0 aromatic carbocycles. The number of pyridine rings is 1. The standard InChI is InChI=1S/C11H16N2.C2H6/c1-8-4-5-9-6-7-11(2,12-3)10(9)13-8;1-2/h4-5,12H,6-7H2,1-3H3;1-2H3. The Balaban J connectivity index is 0.000000531. The van der Waals surface area contributed by atoms with E-state index in [9.17, 15) is 0 Å². The van der Waals surface area contributed by atoms with E-state index in [1.807, 2.05) is 20.9 Å². The van der Waals surface area contributed by atoms with Gasteiger partial charge in [0.2, 0.25) is 0 Å². The lowest BCUT2D eigenvalue weighted by Crippen LogP contribution is -2.35. The van der Waals surface area contributed by atoms with Crippen LogP contribution in [0.15, 0.2) is 12.1 Å². The second-order valence-electron chi connectivity index (χ2n) is 4.04. The maximum atomic E-state index is 4.62. The Kier molecular flexibility index (Phi) is 3.86. The molecule has 1 aromatic rings. The number of nitrogens with one attached hydrogen (secondary N) is 1. The summed E-state index contributed by atoms with van der Waals surface area (Å²) in [5.74, 6) is 0. The molecule has 15 heavy (non-hydrogen) atoms. The van der Waals surface area contributed by atoms with Gasteiger partial charge in [0.25, 0.3) is 0 Å². The van der Waals surface area contributed by atoms with Gasteiger partial charge in [-0.2, -0.15) is 0 Å². The zero-order chi connectivity index (χ0) is 11.5. The molecule has 0 saturated heterocycles. The molecule has 2 rings (SSSR count). The van der Waals surface area contributed by atoms with E-state index in [1.165, 1.54) is 11.3 Å². The van der Waals surface area contributed by atoms with Gasteiger partial charge in [-0.1, -0.05) is 19.9 Å². The molecule has 0 spiro atoms. The minimum atomic E-state index is 0.0986. The molecule has 0 saturated carbocycles. The number of rotatable bonds is 1. The molecular weight excluding hydrogens is 184 g/mol. The van der Waals surface area contributed by atoms with Crippen molar-refractivity contribution in [1.82, 2.24) is 10.3 Å². The molecule has 1 aliphatic rings. The fourth-order valence-corrected chi connectivity index (χ4v) is 2.01. The summed E-state index contributed by atoms with van der Waals surface area (Å²) in [5, 5.41) is 3.36. The highest BCUT2D eigenvalue weighted by Crippen LogP contribution is 2.34. The molecule has 1 aromatic heterocycles. The second-order valence-corrected chi connectivity index (χ2v) is 4.04. The van der Waals surface area contributed by atoms with Crippen molar-refractivity contribution in [2.75, 3.05) is 7.05 Å². The van der Waals surface area contributed by atoms with Crippen LogP contribution in [0.5, 0.6) is 0 Å². The highest BCUT2D eigenvalue weighted by Gasteiger charge is 2.33. The van der Waals surface area contributed by atoms with Gasteiger partial charge < -0.3 is 5.32 Å². The van der Waals surface area contributed by atoms with Crippen LogP contribution >= 0.6 is 0 Å². The Morgan fingerprint density at radius 2 is 2.00 bits per heavy atom. The minimum Gasteiger partial charge on any atom is -0.309 e. The van der Waals surface area contributed by atoms with Crippen molar-refractivity contribution >= 4 is 0 Å². The fraction of sp³-hybridized carbons (Fsp3) is 0.615. The molecule has 0 radical (unpaired) electrons. The summed E-state index contributed by atoms with van der Waals surface area (Å²) in [6.45, 7) is 8.28. The first-order chi connectivity index (χ1) is 7.15. The van der Waals surface area contributed by atoms with E-state index in [4.69, 9.17) is 0 Å². The van der Waals surface area contributed by atoms with E-state index in [1.54, 1.807) is 0 Å². The number of hydrogen-bond acceptors (Lipinski definition) is 2. The third kappa shape index (κ3) is 2.20. The van der Waals surface area contributed by atoms with Crippen LogP contribution in [0.1, 0.15) is 44.1 Å². The van der Waals surface area contributed by atoms with Gasteiger partial charge in [0.05, 0.1) is 11.2 Å². The maximum absolute atomic E-state index is 4.62. The van der Waals surface area contributed by atoms with Crippen molar-refractivity contribution in [3.05, 3.63) is 29.1 Å². The fourth-order valence-electron chi connectivity index (χ4n) is 2.01. The van der Waals surface area contributed by atoms with Gasteiger partial charge in [0, 0.05) is 5.69 Å². The van der Waals surface area contributed by atoms with E-state index in [2.05, 4.69) is 36.3 Å². The van der Waals surface area contributed by atoms with Crippen molar-refractivity contribution in [1.29, 1.82) is 0 Å². The van der Waals surface area contributed by atoms with E-state index >= 15 is 0 Å². The largest absolute Gasteiger partial charge is 0.309 e. The normalized spacial score (nSPS) is 23.0. The maximum Gasteiger partial charge on any atom is 0.0636 e. The predicted molar refractivity (Wildman–Crippen MR) is 65.1 cm³/mol.